The van der Waals surface area contributed by atoms with Crippen LogP contribution in [0.15, 0.2) is 163 Å². The summed E-state index contributed by atoms with van der Waals surface area (Å²) in [6.45, 7) is 23.9. The summed E-state index contributed by atoms with van der Waals surface area (Å²) in [6, 6.07) is 26.6. The summed E-state index contributed by atoms with van der Waals surface area (Å²) >= 11 is 0. The first-order valence-electron chi connectivity index (χ1n) is 18.5. The maximum Gasteiger partial charge on any atom is 0.00551 e. The Kier molecular flexibility index (Phi) is 16.2. The van der Waals surface area contributed by atoms with Gasteiger partial charge in [0.25, 0.3) is 0 Å². The summed E-state index contributed by atoms with van der Waals surface area (Å²) in [5.74, 6) is 1.16. The van der Waals surface area contributed by atoms with Crippen molar-refractivity contribution in [3.63, 3.8) is 0 Å². The Hall–Kier alpha value is -4.42. The lowest BCUT2D eigenvalue weighted by Gasteiger charge is -2.27. The zero-order chi connectivity index (χ0) is 36.5. The molecule has 3 aromatic carbocycles. The maximum absolute atomic E-state index is 4.28. The quantitative estimate of drug-likeness (QED) is 0.200. The molecule has 0 bridgehead atoms. The molecule has 0 aliphatic heterocycles. The lowest BCUT2D eigenvalue weighted by atomic mass is 9.78. The first-order chi connectivity index (χ1) is 23.8. The van der Waals surface area contributed by atoms with Gasteiger partial charge in [0.15, 0.2) is 0 Å². The van der Waals surface area contributed by atoms with Crippen LogP contribution >= 0.6 is 0 Å². The van der Waals surface area contributed by atoms with Crippen LogP contribution in [0.25, 0.3) is 5.57 Å². The number of hydrogen-bond acceptors (Lipinski definition) is 0. The molecule has 0 spiro atoms. The van der Waals surface area contributed by atoms with Gasteiger partial charge >= 0.3 is 0 Å². The fourth-order valence-corrected chi connectivity index (χ4v) is 5.53. The standard InChI is InChI=1S/C37H40.C9H12.C4H10/c1-28-10-14-32(15-11-28)27-33-16-20-35(21-17-33)36-22-25-37(5,26-23-36)24-8-6-7-9-30(3)31(4)34-18-12-29(2)13-19-34;1-8-4-3-5-9(2)7-6-8;1-4(2)3/h6-23,25,31H,3,24,26-27H2,1-2,4-5H3;4-7H,3H2,1-2H3;4H,1-3H3/b8-6-,9-7-;;. The van der Waals surface area contributed by atoms with Crippen LogP contribution in [-0.2, 0) is 6.42 Å². The van der Waals surface area contributed by atoms with Crippen LogP contribution in [-0.4, -0.2) is 0 Å². The van der Waals surface area contributed by atoms with Crippen LogP contribution < -0.4 is 0 Å². The van der Waals surface area contributed by atoms with E-state index in [2.05, 4.69) is 209 Å². The van der Waals surface area contributed by atoms with Crippen molar-refractivity contribution in [3.8, 4) is 0 Å². The highest BCUT2D eigenvalue weighted by molar-refractivity contribution is 5.75. The fraction of sp³-hybridized carbons (Fsp3) is 0.320. The number of benzene rings is 3. The summed E-state index contributed by atoms with van der Waals surface area (Å²) in [6.07, 6.45) is 28.7. The lowest BCUT2D eigenvalue weighted by Crippen LogP contribution is -2.13. The van der Waals surface area contributed by atoms with Gasteiger partial charge < -0.3 is 0 Å². The molecule has 0 saturated heterocycles. The summed E-state index contributed by atoms with van der Waals surface area (Å²) in [5.41, 5.74) is 13.3. The SMILES string of the molecule is C=C(/C=C\C=C/CC1(C)C=CC(c2ccc(Cc3ccc(C)cc3)cc2)=CC1)C(C)c1ccc(C)cc1.CC(C)C.CC1=CCC=C(C)C=C1. The van der Waals surface area contributed by atoms with Crippen molar-refractivity contribution in [1.82, 2.24) is 0 Å². The molecule has 262 valence electrons. The molecule has 0 saturated carbocycles. The summed E-state index contributed by atoms with van der Waals surface area (Å²) in [7, 11) is 0. The molecule has 2 aliphatic carbocycles. The Morgan fingerprint density at radius 2 is 1.22 bits per heavy atom. The van der Waals surface area contributed by atoms with Crippen LogP contribution in [0.2, 0.25) is 0 Å². The van der Waals surface area contributed by atoms with Gasteiger partial charge in [-0.2, -0.15) is 0 Å². The molecule has 0 N–H and O–H groups in total. The molecule has 0 heteroatoms. The van der Waals surface area contributed by atoms with Crippen molar-refractivity contribution in [2.45, 2.75) is 93.9 Å². The number of allylic oxidation sites excluding steroid dienone is 15. The summed E-state index contributed by atoms with van der Waals surface area (Å²) in [4.78, 5) is 0. The topological polar surface area (TPSA) is 0 Å². The zero-order valence-corrected chi connectivity index (χ0v) is 32.5. The second-order valence-electron chi connectivity index (χ2n) is 15.1. The van der Waals surface area contributed by atoms with Crippen LogP contribution in [0.4, 0.5) is 0 Å². The molecular formula is C50H62. The van der Waals surface area contributed by atoms with E-state index in [1.165, 1.54) is 50.1 Å². The van der Waals surface area contributed by atoms with Gasteiger partial charge in [0, 0.05) is 5.92 Å². The molecule has 5 rings (SSSR count). The van der Waals surface area contributed by atoms with E-state index in [1.807, 2.05) is 0 Å². The maximum atomic E-state index is 4.28. The molecular weight excluding hydrogens is 601 g/mol. The third-order valence-corrected chi connectivity index (χ3v) is 9.03. The molecule has 2 aliphatic rings. The molecule has 2 unspecified atom stereocenters. The van der Waals surface area contributed by atoms with Crippen LogP contribution in [0.3, 0.4) is 0 Å². The smallest absolute Gasteiger partial charge is 0.00551 e. The predicted molar refractivity (Wildman–Crippen MR) is 224 cm³/mol. The Morgan fingerprint density at radius 3 is 1.74 bits per heavy atom. The molecule has 50 heavy (non-hydrogen) atoms. The van der Waals surface area contributed by atoms with Gasteiger partial charge in [-0.05, 0) is 98.1 Å². The third kappa shape index (κ3) is 14.6. The van der Waals surface area contributed by atoms with E-state index in [-0.39, 0.29) is 5.41 Å². The average Bonchev–Trinajstić information content (AvgIpc) is 3.28. The number of rotatable bonds is 9. The predicted octanol–water partition coefficient (Wildman–Crippen LogP) is 14.6. The summed E-state index contributed by atoms with van der Waals surface area (Å²) < 4.78 is 0. The van der Waals surface area contributed by atoms with Crippen molar-refractivity contribution in [2.24, 2.45) is 11.3 Å². The van der Waals surface area contributed by atoms with Gasteiger partial charge in [0.05, 0.1) is 0 Å². The van der Waals surface area contributed by atoms with Crippen LogP contribution in [0, 0.1) is 25.2 Å². The highest BCUT2D eigenvalue weighted by Gasteiger charge is 2.21. The van der Waals surface area contributed by atoms with E-state index >= 15 is 0 Å². The molecule has 3 aromatic rings. The Balaban J connectivity index is 0.000000437. The highest BCUT2D eigenvalue weighted by Crippen LogP contribution is 2.36. The van der Waals surface area contributed by atoms with Gasteiger partial charge in [-0.15, -0.1) is 0 Å². The minimum atomic E-state index is 0.158. The summed E-state index contributed by atoms with van der Waals surface area (Å²) in [5, 5.41) is 0. The Bertz CT molecular complexity index is 1680. The number of aryl methyl sites for hydroxylation is 2. The normalized spacial score (nSPS) is 17.6. The van der Waals surface area contributed by atoms with Gasteiger partial charge in [0.1, 0.15) is 0 Å². The van der Waals surface area contributed by atoms with E-state index in [9.17, 15) is 0 Å². The van der Waals surface area contributed by atoms with E-state index in [0.717, 1.165) is 37.2 Å². The second-order valence-corrected chi connectivity index (χ2v) is 15.1. The minimum absolute atomic E-state index is 0.158. The average molecular weight is 663 g/mol. The molecule has 0 fully saturated rings. The Labute approximate surface area is 306 Å². The van der Waals surface area contributed by atoms with Crippen molar-refractivity contribution in [1.29, 1.82) is 0 Å². The third-order valence-electron chi connectivity index (χ3n) is 9.03. The zero-order valence-electron chi connectivity index (χ0n) is 32.5. The fourth-order valence-electron chi connectivity index (χ4n) is 5.53. The number of hydrogen-bond donors (Lipinski definition) is 0. The van der Waals surface area contributed by atoms with E-state index in [1.54, 1.807) is 0 Å². The van der Waals surface area contributed by atoms with E-state index < -0.39 is 0 Å². The molecule has 0 heterocycles. The molecule has 0 radical (unpaired) electrons. The molecule has 2 atom stereocenters. The van der Waals surface area contributed by atoms with Gasteiger partial charge in [-0.3, -0.25) is 0 Å². The monoisotopic (exact) mass is 662 g/mol. The molecule has 0 nitrogen and oxygen atoms in total. The molecule has 0 aromatic heterocycles. The lowest BCUT2D eigenvalue weighted by molar-refractivity contribution is 0.437. The van der Waals surface area contributed by atoms with Crippen LogP contribution in [0.5, 0.6) is 0 Å². The van der Waals surface area contributed by atoms with E-state index in [4.69, 9.17) is 0 Å². The van der Waals surface area contributed by atoms with Gasteiger partial charge in [-0.25, -0.2) is 0 Å². The van der Waals surface area contributed by atoms with Crippen molar-refractivity contribution in [3.05, 3.63) is 196 Å². The Morgan fingerprint density at radius 1 is 0.700 bits per heavy atom. The molecule has 0 amide bonds. The van der Waals surface area contributed by atoms with Gasteiger partial charge in [0.2, 0.25) is 0 Å². The minimum Gasteiger partial charge on any atom is -0.0952 e. The largest absolute Gasteiger partial charge is 0.0952 e. The first-order valence-corrected chi connectivity index (χ1v) is 18.5. The second kappa shape index (κ2) is 20.3. The van der Waals surface area contributed by atoms with Crippen molar-refractivity contribution in [2.75, 3.05) is 0 Å². The van der Waals surface area contributed by atoms with Crippen molar-refractivity contribution >= 4 is 5.57 Å². The van der Waals surface area contributed by atoms with Crippen LogP contribution in [0.1, 0.15) is 107 Å². The van der Waals surface area contributed by atoms with E-state index in [0.29, 0.717) is 5.92 Å². The highest BCUT2D eigenvalue weighted by atomic mass is 14.3. The van der Waals surface area contributed by atoms with Gasteiger partial charge in [-0.1, -0.05) is 203 Å². The van der Waals surface area contributed by atoms with Crippen molar-refractivity contribution < 1.29 is 0 Å². The first kappa shape index (κ1) is 40.0.